The Bertz CT molecular complexity index is 1000. The molecule has 36 heavy (non-hydrogen) atoms. The van der Waals surface area contributed by atoms with Crippen LogP contribution in [0.25, 0.3) is 0 Å². The van der Waals surface area contributed by atoms with Crippen LogP contribution in [0.5, 0.6) is 0 Å². The Balaban J connectivity index is 0.00000361. The Labute approximate surface area is 260 Å². The van der Waals surface area contributed by atoms with Gasteiger partial charge < -0.3 is 15.1 Å². The van der Waals surface area contributed by atoms with Gasteiger partial charge in [-0.3, -0.25) is 0 Å². The van der Waals surface area contributed by atoms with Crippen LogP contribution in [0.4, 0.5) is 0 Å². The van der Waals surface area contributed by atoms with Crippen LogP contribution in [0.3, 0.4) is 0 Å². The number of benzene rings is 3. The molecule has 2 N–H and O–H groups in total. The van der Waals surface area contributed by atoms with Crippen molar-refractivity contribution in [3.05, 3.63) is 107 Å². The zero-order valence-corrected chi connectivity index (χ0v) is 21.5. The van der Waals surface area contributed by atoms with Gasteiger partial charge in [-0.25, -0.2) is 0 Å². The first-order valence-electron chi connectivity index (χ1n) is 13.1. The Kier molecular flexibility index (Phi) is 11.0. The Morgan fingerprint density at radius 1 is 0.778 bits per heavy atom. The fraction of sp³-hybridized carbons (Fsp3) is 0.438. The summed E-state index contributed by atoms with van der Waals surface area (Å²) >= 11 is 0. The number of hydrogen-bond donors (Lipinski definition) is 2. The summed E-state index contributed by atoms with van der Waals surface area (Å²) in [5.74, 6) is 0.176. The van der Waals surface area contributed by atoms with Gasteiger partial charge in [-0.2, -0.15) is 0 Å². The van der Waals surface area contributed by atoms with Gasteiger partial charge >= 0.3 is 51.4 Å². The summed E-state index contributed by atoms with van der Waals surface area (Å²) in [6.07, 6.45) is 3.23. The second-order valence-corrected chi connectivity index (χ2v) is 11.1. The second kappa shape index (κ2) is 13.3. The summed E-state index contributed by atoms with van der Waals surface area (Å²) in [4.78, 5) is 2.49. The van der Waals surface area contributed by atoms with Gasteiger partial charge in [0.25, 0.3) is 0 Å². The standard InChI is InChI=1S/C32H41NO2.K.H/c1-31(2,3)26-18-16-25(17-19-26)30(34)15-10-22-33-23-20-29(21-24-33)32(35,27-11-6-4-7-12-27)28-13-8-5-9-14-28;;/h4-9,11-14,16-19,29-30,34-35H,10,15,20-24H2,1-3H3;;. The number of rotatable bonds is 8. The Hall–Kier alpha value is -0.824. The number of aliphatic hydroxyl groups excluding tert-OH is 1. The third kappa shape index (κ3) is 7.18. The number of likely N-dealkylation sites (tertiary alicyclic amines) is 1. The molecule has 1 fully saturated rings. The maximum absolute atomic E-state index is 12.1. The topological polar surface area (TPSA) is 43.7 Å². The van der Waals surface area contributed by atoms with E-state index in [-0.39, 0.29) is 62.7 Å². The molecule has 1 saturated heterocycles. The van der Waals surface area contributed by atoms with Crippen molar-refractivity contribution >= 4 is 51.4 Å². The molecule has 0 spiro atoms. The van der Waals surface area contributed by atoms with Gasteiger partial charge in [0.1, 0.15) is 5.60 Å². The molecule has 1 heterocycles. The summed E-state index contributed by atoms with van der Waals surface area (Å²) in [5, 5.41) is 22.8. The molecule has 4 rings (SSSR count). The number of hydrogen-bond acceptors (Lipinski definition) is 3. The summed E-state index contributed by atoms with van der Waals surface area (Å²) in [6.45, 7) is 9.57. The summed E-state index contributed by atoms with van der Waals surface area (Å²) < 4.78 is 0. The van der Waals surface area contributed by atoms with Crippen molar-refractivity contribution in [3.8, 4) is 0 Å². The summed E-state index contributed by atoms with van der Waals surface area (Å²) in [6, 6.07) is 28.7. The molecule has 4 heteroatoms. The van der Waals surface area contributed by atoms with Gasteiger partial charge in [-0.05, 0) is 78.9 Å². The predicted molar refractivity (Wildman–Crippen MR) is 152 cm³/mol. The maximum atomic E-state index is 12.1. The third-order valence-corrected chi connectivity index (χ3v) is 7.72. The van der Waals surface area contributed by atoms with E-state index in [0.29, 0.717) is 0 Å². The molecule has 3 nitrogen and oxygen atoms in total. The molecule has 0 aromatic heterocycles. The van der Waals surface area contributed by atoms with Crippen molar-refractivity contribution in [3.63, 3.8) is 0 Å². The van der Waals surface area contributed by atoms with Crippen molar-refractivity contribution in [2.24, 2.45) is 5.92 Å². The van der Waals surface area contributed by atoms with Crippen molar-refractivity contribution in [1.82, 2.24) is 4.90 Å². The van der Waals surface area contributed by atoms with Gasteiger partial charge in [-0.15, -0.1) is 0 Å². The van der Waals surface area contributed by atoms with E-state index in [2.05, 4.69) is 74.2 Å². The molecule has 0 saturated carbocycles. The van der Waals surface area contributed by atoms with Crippen LogP contribution in [0, 0.1) is 5.92 Å². The molecule has 3 aromatic rings. The first-order chi connectivity index (χ1) is 16.8. The van der Waals surface area contributed by atoms with Crippen molar-refractivity contribution < 1.29 is 10.2 Å². The Morgan fingerprint density at radius 3 is 1.75 bits per heavy atom. The third-order valence-electron chi connectivity index (χ3n) is 7.72. The van der Waals surface area contributed by atoms with Crippen LogP contribution in [0.2, 0.25) is 0 Å². The van der Waals surface area contributed by atoms with Crippen LogP contribution in [0.1, 0.15) is 74.8 Å². The molecule has 3 aromatic carbocycles. The quantitative estimate of drug-likeness (QED) is 0.376. The molecule has 0 amide bonds. The van der Waals surface area contributed by atoms with E-state index in [4.69, 9.17) is 0 Å². The van der Waals surface area contributed by atoms with E-state index in [1.54, 1.807) is 0 Å². The van der Waals surface area contributed by atoms with Crippen LogP contribution < -0.4 is 0 Å². The van der Waals surface area contributed by atoms with Crippen LogP contribution >= 0.6 is 0 Å². The number of nitrogens with zero attached hydrogens (tertiary/aromatic N) is 1. The summed E-state index contributed by atoms with van der Waals surface area (Å²) in [5.41, 5.74) is 3.41. The van der Waals surface area contributed by atoms with Gasteiger partial charge in [-0.1, -0.05) is 106 Å². The molecule has 0 radical (unpaired) electrons. The van der Waals surface area contributed by atoms with E-state index in [1.165, 1.54) is 5.56 Å². The summed E-state index contributed by atoms with van der Waals surface area (Å²) in [7, 11) is 0. The average Bonchev–Trinajstić information content (AvgIpc) is 2.89. The van der Waals surface area contributed by atoms with Crippen molar-refractivity contribution in [2.45, 2.75) is 63.6 Å². The molecule has 188 valence electrons. The second-order valence-electron chi connectivity index (χ2n) is 11.1. The van der Waals surface area contributed by atoms with Gasteiger partial charge in [0, 0.05) is 0 Å². The first-order valence-corrected chi connectivity index (χ1v) is 13.1. The normalized spacial score (nSPS) is 16.4. The van der Waals surface area contributed by atoms with Crippen LogP contribution in [-0.4, -0.2) is 86.1 Å². The van der Waals surface area contributed by atoms with Crippen LogP contribution in [-0.2, 0) is 11.0 Å². The zero-order chi connectivity index (χ0) is 24.9. The number of piperidine rings is 1. The van der Waals surface area contributed by atoms with E-state index >= 15 is 0 Å². The van der Waals surface area contributed by atoms with E-state index in [0.717, 1.165) is 62.0 Å². The average molecular weight is 512 g/mol. The van der Waals surface area contributed by atoms with E-state index in [9.17, 15) is 10.2 Å². The molecule has 1 unspecified atom stereocenters. The molecule has 0 bridgehead atoms. The molecular formula is C32H42KNO2. The van der Waals surface area contributed by atoms with Crippen molar-refractivity contribution in [2.75, 3.05) is 19.6 Å². The molecule has 1 atom stereocenters. The fourth-order valence-corrected chi connectivity index (χ4v) is 5.48. The van der Waals surface area contributed by atoms with Crippen LogP contribution in [0.15, 0.2) is 84.9 Å². The first kappa shape index (κ1) is 29.7. The molecule has 0 aliphatic carbocycles. The van der Waals surface area contributed by atoms with Gasteiger partial charge in [0.2, 0.25) is 0 Å². The fourth-order valence-electron chi connectivity index (χ4n) is 5.48. The molecule has 1 aliphatic rings. The minimum atomic E-state index is -0.968. The van der Waals surface area contributed by atoms with Gasteiger partial charge in [0.15, 0.2) is 0 Å². The predicted octanol–water partition coefficient (Wildman–Crippen LogP) is 5.80. The van der Waals surface area contributed by atoms with E-state index < -0.39 is 11.7 Å². The van der Waals surface area contributed by atoms with E-state index in [1.807, 2.05) is 36.4 Å². The Morgan fingerprint density at radius 2 is 1.28 bits per heavy atom. The van der Waals surface area contributed by atoms with Crippen molar-refractivity contribution in [1.29, 1.82) is 0 Å². The monoisotopic (exact) mass is 511 g/mol. The number of aliphatic hydroxyl groups is 2. The van der Waals surface area contributed by atoms with Gasteiger partial charge in [0.05, 0.1) is 6.10 Å². The molecule has 1 aliphatic heterocycles. The zero-order valence-electron chi connectivity index (χ0n) is 21.5. The SMILES string of the molecule is CC(C)(C)c1ccc(C(O)CCCN2CCC(C(O)(c3ccccc3)c3ccccc3)CC2)cc1.[KH]. The molecular weight excluding hydrogens is 469 g/mol. The minimum absolute atomic E-state index is 0.